The highest BCUT2D eigenvalue weighted by atomic mass is 32.2. The molecular formula is C13H17N3S. The lowest BCUT2D eigenvalue weighted by molar-refractivity contribution is 0.555. The van der Waals surface area contributed by atoms with Crippen LogP contribution >= 0.6 is 11.8 Å². The number of hydrogen-bond acceptors (Lipinski definition) is 3. The molecule has 90 valence electrons. The molecule has 0 saturated heterocycles. The predicted octanol–water partition coefficient (Wildman–Crippen LogP) is 2.39. The van der Waals surface area contributed by atoms with Crippen LogP contribution in [0.5, 0.6) is 0 Å². The van der Waals surface area contributed by atoms with E-state index < -0.39 is 0 Å². The summed E-state index contributed by atoms with van der Waals surface area (Å²) >= 11 is 1.77. The van der Waals surface area contributed by atoms with E-state index in [0.717, 1.165) is 19.6 Å². The Balaban J connectivity index is 1.70. The molecule has 1 aromatic heterocycles. The fraction of sp³-hybridized carbons (Fsp3) is 0.308. The fourth-order valence-corrected chi connectivity index (χ4v) is 2.01. The molecule has 0 aliphatic rings. The average Bonchev–Trinajstić information content (AvgIpc) is 2.88. The summed E-state index contributed by atoms with van der Waals surface area (Å²) in [5.74, 6) is 0. The van der Waals surface area contributed by atoms with Crippen molar-refractivity contribution in [3.8, 4) is 0 Å². The number of nitrogens with one attached hydrogen (secondary N) is 1. The summed E-state index contributed by atoms with van der Waals surface area (Å²) in [6.45, 7) is 2.76. The largest absolute Gasteiger partial charge is 0.311 e. The van der Waals surface area contributed by atoms with Crippen LogP contribution in [0.1, 0.15) is 5.56 Å². The Bertz CT molecular complexity index is 422. The Morgan fingerprint density at radius 2 is 2.12 bits per heavy atom. The van der Waals surface area contributed by atoms with Gasteiger partial charge in [-0.2, -0.15) is 5.10 Å². The third-order valence-corrected chi connectivity index (χ3v) is 3.31. The quantitative estimate of drug-likeness (QED) is 0.628. The van der Waals surface area contributed by atoms with Crippen LogP contribution in [0.2, 0.25) is 0 Å². The molecule has 0 aliphatic carbocycles. The van der Waals surface area contributed by atoms with Gasteiger partial charge in [0.25, 0.3) is 0 Å². The second-order valence-corrected chi connectivity index (χ2v) is 4.67. The highest BCUT2D eigenvalue weighted by Gasteiger charge is 1.94. The van der Waals surface area contributed by atoms with Crippen LogP contribution in [0.4, 0.5) is 0 Å². The molecule has 0 amide bonds. The van der Waals surface area contributed by atoms with Crippen molar-refractivity contribution in [2.24, 2.45) is 0 Å². The van der Waals surface area contributed by atoms with E-state index >= 15 is 0 Å². The Morgan fingerprint density at radius 3 is 2.76 bits per heavy atom. The van der Waals surface area contributed by atoms with Gasteiger partial charge < -0.3 is 5.32 Å². The van der Waals surface area contributed by atoms with Gasteiger partial charge in [-0.3, -0.25) is 4.68 Å². The molecule has 0 unspecified atom stereocenters. The first kappa shape index (κ1) is 12.2. The summed E-state index contributed by atoms with van der Waals surface area (Å²) in [6, 6.07) is 10.6. The minimum atomic E-state index is 0.913. The van der Waals surface area contributed by atoms with E-state index in [1.165, 1.54) is 10.5 Å². The third kappa shape index (κ3) is 3.91. The van der Waals surface area contributed by atoms with Crippen LogP contribution in [-0.2, 0) is 13.1 Å². The van der Waals surface area contributed by atoms with Crippen LogP contribution in [0.15, 0.2) is 47.6 Å². The van der Waals surface area contributed by atoms with Crippen LogP contribution < -0.4 is 5.32 Å². The molecule has 2 aromatic rings. The Morgan fingerprint density at radius 1 is 1.29 bits per heavy atom. The zero-order valence-electron chi connectivity index (χ0n) is 9.97. The van der Waals surface area contributed by atoms with E-state index in [-0.39, 0.29) is 0 Å². The summed E-state index contributed by atoms with van der Waals surface area (Å²) in [5, 5.41) is 7.57. The Hall–Kier alpha value is -1.26. The molecule has 4 heteroatoms. The molecule has 17 heavy (non-hydrogen) atoms. The summed E-state index contributed by atoms with van der Waals surface area (Å²) in [5.41, 5.74) is 1.32. The van der Waals surface area contributed by atoms with Crippen molar-refractivity contribution in [2.75, 3.05) is 12.8 Å². The summed E-state index contributed by atoms with van der Waals surface area (Å²) in [4.78, 5) is 1.31. The van der Waals surface area contributed by atoms with Crippen molar-refractivity contribution >= 4 is 11.8 Å². The van der Waals surface area contributed by atoms with Crippen molar-refractivity contribution in [3.05, 3.63) is 48.3 Å². The van der Waals surface area contributed by atoms with Crippen molar-refractivity contribution in [1.29, 1.82) is 0 Å². The van der Waals surface area contributed by atoms with E-state index in [0.29, 0.717) is 0 Å². The zero-order valence-corrected chi connectivity index (χ0v) is 10.8. The molecule has 1 heterocycles. The second kappa shape index (κ2) is 6.47. The van der Waals surface area contributed by atoms with Crippen LogP contribution in [-0.4, -0.2) is 22.6 Å². The number of hydrogen-bond donors (Lipinski definition) is 1. The molecule has 1 N–H and O–H groups in total. The monoisotopic (exact) mass is 247 g/mol. The topological polar surface area (TPSA) is 29.9 Å². The maximum atomic E-state index is 4.16. The summed E-state index contributed by atoms with van der Waals surface area (Å²) < 4.78 is 1.93. The maximum absolute atomic E-state index is 4.16. The molecule has 0 aliphatic heterocycles. The molecule has 0 spiro atoms. The third-order valence-electron chi connectivity index (χ3n) is 2.57. The lowest BCUT2D eigenvalue weighted by atomic mass is 10.2. The lowest BCUT2D eigenvalue weighted by Gasteiger charge is -2.05. The number of thioether (sulfide) groups is 1. The smallest absolute Gasteiger partial charge is 0.0534 e. The number of aromatic nitrogens is 2. The Labute approximate surface area is 106 Å². The van der Waals surface area contributed by atoms with Gasteiger partial charge in [-0.15, -0.1) is 11.8 Å². The summed E-state index contributed by atoms with van der Waals surface area (Å²) in [6.07, 6.45) is 5.88. The van der Waals surface area contributed by atoms with Crippen LogP contribution in [0.3, 0.4) is 0 Å². The predicted molar refractivity (Wildman–Crippen MR) is 72.2 cm³/mol. The molecule has 0 fully saturated rings. The number of nitrogens with zero attached hydrogens (tertiary/aromatic N) is 2. The summed E-state index contributed by atoms with van der Waals surface area (Å²) in [7, 11) is 0. The van der Waals surface area contributed by atoms with Gasteiger partial charge in [-0.25, -0.2) is 0 Å². The van der Waals surface area contributed by atoms with E-state index in [1.54, 1.807) is 18.0 Å². The van der Waals surface area contributed by atoms with Gasteiger partial charge in [-0.05, 0) is 30.0 Å². The van der Waals surface area contributed by atoms with Gasteiger partial charge in [0.2, 0.25) is 0 Å². The first-order chi connectivity index (χ1) is 8.38. The SMILES string of the molecule is CSc1ccc(CNCCn2cccn2)cc1. The van der Waals surface area contributed by atoms with Crippen molar-refractivity contribution < 1.29 is 0 Å². The molecule has 2 rings (SSSR count). The first-order valence-electron chi connectivity index (χ1n) is 5.69. The van der Waals surface area contributed by atoms with Gasteiger partial charge in [0, 0.05) is 30.4 Å². The second-order valence-electron chi connectivity index (χ2n) is 3.79. The maximum Gasteiger partial charge on any atom is 0.0534 e. The zero-order chi connectivity index (χ0) is 11.9. The van der Waals surface area contributed by atoms with Crippen molar-refractivity contribution in [3.63, 3.8) is 0 Å². The van der Waals surface area contributed by atoms with Crippen molar-refractivity contribution in [2.45, 2.75) is 18.0 Å². The minimum absolute atomic E-state index is 0.913. The standard InChI is InChI=1S/C13H17N3S/c1-17-13-5-3-12(4-6-13)11-14-8-10-16-9-2-7-15-16/h2-7,9,14H,8,10-11H2,1H3. The molecule has 0 bridgehead atoms. The molecular weight excluding hydrogens is 230 g/mol. The normalized spacial score (nSPS) is 10.6. The molecule has 1 aromatic carbocycles. The van der Waals surface area contributed by atoms with E-state index in [9.17, 15) is 0 Å². The Kier molecular flexibility index (Phi) is 4.64. The van der Waals surface area contributed by atoms with E-state index in [1.807, 2.05) is 16.9 Å². The van der Waals surface area contributed by atoms with Gasteiger partial charge in [0.15, 0.2) is 0 Å². The molecule has 3 nitrogen and oxygen atoms in total. The van der Waals surface area contributed by atoms with Crippen molar-refractivity contribution in [1.82, 2.24) is 15.1 Å². The highest BCUT2D eigenvalue weighted by Crippen LogP contribution is 2.14. The highest BCUT2D eigenvalue weighted by molar-refractivity contribution is 7.98. The lowest BCUT2D eigenvalue weighted by Crippen LogP contribution is -2.19. The molecule has 0 atom stereocenters. The van der Waals surface area contributed by atoms with E-state index in [2.05, 4.69) is 40.9 Å². The number of rotatable bonds is 6. The first-order valence-corrected chi connectivity index (χ1v) is 6.92. The minimum Gasteiger partial charge on any atom is -0.311 e. The number of benzene rings is 1. The van der Waals surface area contributed by atoms with Gasteiger partial charge in [-0.1, -0.05) is 12.1 Å². The van der Waals surface area contributed by atoms with Gasteiger partial charge in [0.05, 0.1) is 6.54 Å². The fourth-order valence-electron chi connectivity index (χ4n) is 1.60. The molecule has 0 saturated carbocycles. The van der Waals surface area contributed by atoms with E-state index in [4.69, 9.17) is 0 Å². The van der Waals surface area contributed by atoms with Gasteiger partial charge >= 0.3 is 0 Å². The average molecular weight is 247 g/mol. The van der Waals surface area contributed by atoms with Gasteiger partial charge in [0.1, 0.15) is 0 Å². The van der Waals surface area contributed by atoms with Crippen LogP contribution in [0.25, 0.3) is 0 Å². The molecule has 0 radical (unpaired) electrons. The van der Waals surface area contributed by atoms with Crippen LogP contribution in [0, 0.1) is 0 Å².